The molecule has 0 aliphatic carbocycles. The summed E-state index contributed by atoms with van der Waals surface area (Å²) in [6.07, 6.45) is 0. The predicted octanol–water partition coefficient (Wildman–Crippen LogP) is 4.70. The van der Waals surface area contributed by atoms with Crippen molar-refractivity contribution in [2.24, 2.45) is 7.05 Å². The van der Waals surface area contributed by atoms with E-state index in [1.165, 1.54) is 27.7 Å². The van der Waals surface area contributed by atoms with Gasteiger partial charge < -0.3 is 4.57 Å². The average molecular weight is 255 g/mol. The summed E-state index contributed by atoms with van der Waals surface area (Å²) in [6, 6.07) is 10.9. The topological polar surface area (TPSA) is 4.93 Å². The molecule has 2 heterocycles. The van der Waals surface area contributed by atoms with Gasteiger partial charge in [0.1, 0.15) is 0 Å². The van der Waals surface area contributed by atoms with Crippen LogP contribution in [0.25, 0.3) is 10.9 Å². The minimum absolute atomic E-state index is 0.461. The molecular weight excluding hydrogens is 238 g/mol. The molecule has 0 spiro atoms. The van der Waals surface area contributed by atoms with Crippen LogP contribution in [0.1, 0.15) is 29.7 Å². The van der Waals surface area contributed by atoms with E-state index in [0.717, 1.165) is 0 Å². The summed E-state index contributed by atoms with van der Waals surface area (Å²) in [7, 11) is 2.15. The molecule has 0 N–H and O–H groups in total. The van der Waals surface area contributed by atoms with Crippen LogP contribution >= 0.6 is 11.3 Å². The summed E-state index contributed by atoms with van der Waals surface area (Å²) in [5, 5.41) is 5.80. The van der Waals surface area contributed by atoms with Crippen molar-refractivity contribution in [3.63, 3.8) is 0 Å². The van der Waals surface area contributed by atoms with Crippen LogP contribution in [0.15, 0.2) is 41.1 Å². The smallest absolute Gasteiger partial charge is 0.0482 e. The molecule has 0 aliphatic heterocycles. The van der Waals surface area contributed by atoms with E-state index in [-0.39, 0.29) is 0 Å². The Hall–Kier alpha value is -1.54. The first-order chi connectivity index (χ1) is 8.70. The van der Waals surface area contributed by atoms with Crippen molar-refractivity contribution in [1.29, 1.82) is 0 Å². The van der Waals surface area contributed by atoms with Crippen molar-refractivity contribution < 1.29 is 0 Å². The molecule has 18 heavy (non-hydrogen) atoms. The molecule has 3 rings (SSSR count). The zero-order valence-electron chi connectivity index (χ0n) is 11.0. The number of nitrogens with zero attached hydrogens (tertiary/aromatic N) is 1. The van der Waals surface area contributed by atoms with Crippen molar-refractivity contribution in [3.8, 4) is 0 Å². The van der Waals surface area contributed by atoms with Gasteiger partial charge in [-0.15, -0.1) is 0 Å². The normalized spacial score (nSPS) is 13.1. The number of fused-ring (bicyclic) bond motifs is 1. The zero-order chi connectivity index (χ0) is 12.7. The van der Waals surface area contributed by atoms with Gasteiger partial charge in [-0.25, -0.2) is 0 Å². The standard InChI is InChI=1S/C16H17NS/c1-11(13-8-9-18-10-13)16-12(2)17(3)15-7-5-4-6-14(15)16/h4-11H,1-3H3. The fourth-order valence-corrected chi connectivity index (χ4v) is 3.54. The van der Waals surface area contributed by atoms with E-state index in [9.17, 15) is 0 Å². The summed E-state index contributed by atoms with van der Waals surface area (Å²) < 4.78 is 2.30. The molecule has 0 saturated carbocycles. The molecule has 1 aromatic carbocycles. The molecule has 1 unspecified atom stereocenters. The summed E-state index contributed by atoms with van der Waals surface area (Å²) in [5.74, 6) is 0.461. The lowest BCUT2D eigenvalue weighted by molar-refractivity contribution is 0.861. The van der Waals surface area contributed by atoms with Crippen molar-refractivity contribution in [1.82, 2.24) is 4.57 Å². The lowest BCUT2D eigenvalue weighted by Crippen LogP contribution is -1.98. The fraction of sp³-hybridized carbons (Fsp3) is 0.250. The number of hydrogen-bond acceptors (Lipinski definition) is 1. The van der Waals surface area contributed by atoms with Gasteiger partial charge in [-0.1, -0.05) is 25.1 Å². The number of aromatic nitrogens is 1. The molecule has 1 nitrogen and oxygen atoms in total. The van der Waals surface area contributed by atoms with Crippen molar-refractivity contribution >= 4 is 22.2 Å². The number of thiophene rings is 1. The maximum absolute atomic E-state index is 2.30. The fourth-order valence-electron chi connectivity index (χ4n) is 2.78. The van der Waals surface area contributed by atoms with Gasteiger partial charge in [0.2, 0.25) is 0 Å². The van der Waals surface area contributed by atoms with Crippen LogP contribution in [-0.2, 0) is 7.05 Å². The number of rotatable bonds is 2. The molecule has 3 aromatic rings. The Balaban J connectivity index is 2.26. The lowest BCUT2D eigenvalue weighted by Gasteiger charge is -2.11. The van der Waals surface area contributed by atoms with Crippen LogP contribution in [0, 0.1) is 6.92 Å². The third kappa shape index (κ3) is 1.60. The van der Waals surface area contributed by atoms with E-state index in [4.69, 9.17) is 0 Å². The summed E-state index contributed by atoms with van der Waals surface area (Å²) in [5.41, 5.74) is 5.58. The van der Waals surface area contributed by atoms with Gasteiger partial charge in [0, 0.05) is 29.6 Å². The van der Waals surface area contributed by atoms with E-state index in [1.54, 1.807) is 11.3 Å². The highest BCUT2D eigenvalue weighted by molar-refractivity contribution is 7.08. The molecule has 2 heteroatoms. The van der Waals surface area contributed by atoms with Gasteiger partial charge in [0.05, 0.1) is 0 Å². The van der Waals surface area contributed by atoms with Crippen LogP contribution in [0.2, 0.25) is 0 Å². The van der Waals surface area contributed by atoms with Gasteiger partial charge in [-0.3, -0.25) is 0 Å². The van der Waals surface area contributed by atoms with Crippen LogP contribution in [0.4, 0.5) is 0 Å². The third-order valence-electron chi connectivity index (χ3n) is 3.92. The van der Waals surface area contributed by atoms with Crippen LogP contribution in [0.5, 0.6) is 0 Å². The second-order valence-electron chi connectivity index (χ2n) is 4.85. The first-order valence-corrected chi connectivity index (χ1v) is 7.20. The first-order valence-electron chi connectivity index (χ1n) is 6.26. The number of benzene rings is 1. The van der Waals surface area contributed by atoms with E-state index >= 15 is 0 Å². The largest absolute Gasteiger partial charge is 0.348 e. The highest BCUT2D eigenvalue weighted by Gasteiger charge is 2.18. The van der Waals surface area contributed by atoms with Gasteiger partial charge in [-0.2, -0.15) is 11.3 Å². The molecule has 2 aromatic heterocycles. The quantitative estimate of drug-likeness (QED) is 0.625. The third-order valence-corrected chi connectivity index (χ3v) is 4.63. The van der Waals surface area contributed by atoms with E-state index in [2.05, 4.69) is 66.6 Å². The van der Waals surface area contributed by atoms with Gasteiger partial charge in [-0.05, 0) is 40.9 Å². The Morgan fingerprint density at radius 3 is 2.67 bits per heavy atom. The highest BCUT2D eigenvalue weighted by Crippen LogP contribution is 2.35. The Kier molecular flexibility index (Phi) is 2.75. The number of hydrogen-bond donors (Lipinski definition) is 0. The van der Waals surface area contributed by atoms with E-state index in [1.807, 2.05) is 0 Å². The van der Waals surface area contributed by atoms with E-state index in [0.29, 0.717) is 5.92 Å². The van der Waals surface area contributed by atoms with Crippen LogP contribution in [-0.4, -0.2) is 4.57 Å². The molecule has 0 aliphatic rings. The Labute approximate surface area is 112 Å². The second kappa shape index (κ2) is 4.29. The lowest BCUT2D eigenvalue weighted by atomic mass is 9.93. The molecule has 0 bridgehead atoms. The van der Waals surface area contributed by atoms with Crippen molar-refractivity contribution in [2.75, 3.05) is 0 Å². The average Bonchev–Trinajstić information content (AvgIpc) is 2.99. The predicted molar refractivity (Wildman–Crippen MR) is 79.5 cm³/mol. The van der Waals surface area contributed by atoms with Crippen molar-refractivity contribution in [3.05, 3.63) is 57.9 Å². The number of aryl methyl sites for hydroxylation is 1. The SMILES string of the molecule is Cc1c(C(C)c2ccsc2)c2ccccc2n1C. The second-order valence-corrected chi connectivity index (χ2v) is 5.63. The molecule has 0 fully saturated rings. The minimum Gasteiger partial charge on any atom is -0.348 e. The summed E-state index contributed by atoms with van der Waals surface area (Å²) in [4.78, 5) is 0. The summed E-state index contributed by atoms with van der Waals surface area (Å²) >= 11 is 1.77. The highest BCUT2D eigenvalue weighted by atomic mass is 32.1. The van der Waals surface area contributed by atoms with Gasteiger partial charge >= 0.3 is 0 Å². The molecule has 0 radical (unpaired) electrons. The van der Waals surface area contributed by atoms with Crippen LogP contribution < -0.4 is 0 Å². The van der Waals surface area contributed by atoms with Crippen molar-refractivity contribution in [2.45, 2.75) is 19.8 Å². The maximum atomic E-state index is 2.30. The number of para-hydroxylation sites is 1. The van der Waals surface area contributed by atoms with E-state index < -0.39 is 0 Å². The Morgan fingerprint density at radius 1 is 1.17 bits per heavy atom. The van der Waals surface area contributed by atoms with Gasteiger partial charge in [0.25, 0.3) is 0 Å². The maximum Gasteiger partial charge on any atom is 0.0482 e. The first kappa shape index (κ1) is 11.5. The monoisotopic (exact) mass is 255 g/mol. The van der Waals surface area contributed by atoms with Crippen LogP contribution in [0.3, 0.4) is 0 Å². The Morgan fingerprint density at radius 2 is 1.94 bits per heavy atom. The summed E-state index contributed by atoms with van der Waals surface area (Å²) in [6.45, 7) is 4.52. The van der Waals surface area contributed by atoms with Gasteiger partial charge in [0.15, 0.2) is 0 Å². The zero-order valence-corrected chi connectivity index (χ0v) is 11.8. The molecule has 1 atom stereocenters. The molecule has 0 saturated heterocycles. The molecular formula is C16H17NS. The molecule has 92 valence electrons. The Bertz CT molecular complexity index is 677. The minimum atomic E-state index is 0.461. The molecule has 0 amide bonds.